The lowest BCUT2D eigenvalue weighted by Crippen LogP contribution is -2.26. The van der Waals surface area contributed by atoms with Crippen molar-refractivity contribution >= 4 is 29.1 Å². The molecular formula is C17H12Cl2FN3O2. The van der Waals surface area contributed by atoms with Crippen LogP contribution in [0.3, 0.4) is 0 Å². The van der Waals surface area contributed by atoms with Crippen molar-refractivity contribution in [3.63, 3.8) is 0 Å². The molecular weight excluding hydrogens is 368 g/mol. The summed E-state index contributed by atoms with van der Waals surface area (Å²) in [6, 6.07) is 10.4. The van der Waals surface area contributed by atoms with Gasteiger partial charge < -0.3 is 9.73 Å². The normalized spacial score (nSPS) is 10.7. The van der Waals surface area contributed by atoms with E-state index in [-0.39, 0.29) is 16.7 Å². The quantitative estimate of drug-likeness (QED) is 0.722. The van der Waals surface area contributed by atoms with Gasteiger partial charge in [0, 0.05) is 23.6 Å². The Balaban J connectivity index is 1.57. The fraction of sp³-hybridized carbons (Fsp3) is 0.118. The third-order valence-electron chi connectivity index (χ3n) is 3.36. The molecule has 0 aliphatic rings. The summed E-state index contributed by atoms with van der Waals surface area (Å²) in [4.78, 5) is 12.1. The number of hydrogen-bond donors (Lipinski definition) is 1. The lowest BCUT2D eigenvalue weighted by atomic mass is 10.2. The van der Waals surface area contributed by atoms with Gasteiger partial charge in [0.1, 0.15) is 5.82 Å². The molecule has 1 heterocycles. The number of carbonyl (C=O) groups is 1. The number of nitrogens with one attached hydrogen (secondary N) is 1. The number of aromatic nitrogens is 2. The van der Waals surface area contributed by atoms with Crippen LogP contribution in [0.1, 0.15) is 16.2 Å². The van der Waals surface area contributed by atoms with Crippen LogP contribution in [0.25, 0.3) is 11.5 Å². The Bertz CT molecular complexity index is 897. The van der Waals surface area contributed by atoms with E-state index >= 15 is 0 Å². The highest BCUT2D eigenvalue weighted by atomic mass is 35.5. The third kappa shape index (κ3) is 4.35. The zero-order chi connectivity index (χ0) is 17.8. The summed E-state index contributed by atoms with van der Waals surface area (Å²) in [6.07, 6.45) is 0.352. The molecule has 5 nitrogen and oxygen atoms in total. The summed E-state index contributed by atoms with van der Waals surface area (Å²) in [5.74, 6) is -0.00379. The minimum atomic E-state index is -0.341. The van der Waals surface area contributed by atoms with Gasteiger partial charge in [-0.25, -0.2) is 4.39 Å². The van der Waals surface area contributed by atoms with E-state index < -0.39 is 0 Å². The molecule has 1 N–H and O–H groups in total. The molecule has 1 amide bonds. The standard InChI is InChI=1S/C17H12Cl2FN3O2/c18-11-3-6-13(14(19)9-11)16(24)21-8-7-15-22-23-17(25-15)10-1-4-12(20)5-2-10/h1-6,9H,7-8H2,(H,21,24). The van der Waals surface area contributed by atoms with Crippen LogP contribution < -0.4 is 5.32 Å². The lowest BCUT2D eigenvalue weighted by molar-refractivity contribution is 0.0954. The summed E-state index contributed by atoms with van der Waals surface area (Å²) < 4.78 is 18.4. The minimum absolute atomic E-state index is 0.279. The first kappa shape index (κ1) is 17.4. The van der Waals surface area contributed by atoms with Crippen LogP contribution >= 0.6 is 23.2 Å². The van der Waals surface area contributed by atoms with Gasteiger partial charge in [-0.3, -0.25) is 4.79 Å². The van der Waals surface area contributed by atoms with E-state index in [1.807, 2.05) is 0 Å². The van der Waals surface area contributed by atoms with Crippen molar-refractivity contribution in [2.75, 3.05) is 6.54 Å². The summed E-state index contributed by atoms with van der Waals surface area (Å²) in [5, 5.41) is 11.3. The number of amides is 1. The fourth-order valence-corrected chi connectivity index (χ4v) is 2.61. The molecule has 0 saturated carbocycles. The van der Waals surface area contributed by atoms with E-state index in [0.717, 1.165) is 0 Å². The van der Waals surface area contributed by atoms with Crippen molar-refractivity contribution in [3.8, 4) is 11.5 Å². The molecule has 0 aliphatic carbocycles. The van der Waals surface area contributed by atoms with Crippen LogP contribution in [0.2, 0.25) is 10.0 Å². The molecule has 1 aromatic heterocycles. The van der Waals surface area contributed by atoms with Crippen molar-refractivity contribution in [2.24, 2.45) is 0 Å². The monoisotopic (exact) mass is 379 g/mol. The molecule has 0 radical (unpaired) electrons. The van der Waals surface area contributed by atoms with Crippen LogP contribution in [0.4, 0.5) is 4.39 Å². The molecule has 0 fully saturated rings. The molecule has 0 spiro atoms. The molecule has 0 atom stereocenters. The van der Waals surface area contributed by atoms with Gasteiger partial charge in [0.25, 0.3) is 5.91 Å². The molecule has 0 bridgehead atoms. The van der Waals surface area contributed by atoms with E-state index in [0.29, 0.717) is 40.9 Å². The third-order valence-corrected chi connectivity index (χ3v) is 3.91. The Morgan fingerprint density at radius 3 is 2.60 bits per heavy atom. The SMILES string of the molecule is O=C(NCCc1nnc(-c2ccc(F)cc2)o1)c1ccc(Cl)cc1Cl. The van der Waals surface area contributed by atoms with Crippen molar-refractivity contribution in [2.45, 2.75) is 6.42 Å². The smallest absolute Gasteiger partial charge is 0.252 e. The predicted octanol–water partition coefficient (Wildman–Crippen LogP) is 4.16. The minimum Gasteiger partial charge on any atom is -0.421 e. The predicted molar refractivity (Wildman–Crippen MR) is 92.2 cm³/mol. The highest BCUT2D eigenvalue weighted by Gasteiger charge is 2.12. The second-order valence-corrected chi connectivity index (χ2v) is 5.98. The van der Waals surface area contributed by atoms with Crippen LogP contribution in [0.5, 0.6) is 0 Å². The summed E-state index contributed by atoms with van der Waals surface area (Å²) >= 11 is 11.8. The van der Waals surface area contributed by atoms with Gasteiger partial charge in [0.05, 0.1) is 10.6 Å². The van der Waals surface area contributed by atoms with E-state index in [4.69, 9.17) is 27.6 Å². The molecule has 0 saturated heterocycles. The maximum Gasteiger partial charge on any atom is 0.252 e. The van der Waals surface area contributed by atoms with Crippen molar-refractivity contribution < 1.29 is 13.6 Å². The molecule has 128 valence electrons. The number of carbonyl (C=O) groups excluding carboxylic acids is 1. The molecule has 0 aliphatic heterocycles. The molecule has 3 rings (SSSR count). The molecule has 0 unspecified atom stereocenters. The summed E-state index contributed by atoms with van der Waals surface area (Å²) in [6.45, 7) is 0.294. The van der Waals surface area contributed by atoms with Gasteiger partial charge >= 0.3 is 0 Å². The maximum atomic E-state index is 12.9. The number of halogens is 3. The first-order valence-corrected chi connectivity index (χ1v) is 8.10. The van der Waals surface area contributed by atoms with Crippen molar-refractivity contribution in [1.29, 1.82) is 0 Å². The molecule has 8 heteroatoms. The largest absolute Gasteiger partial charge is 0.421 e. The second-order valence-electron chi connectivity index (χ2n) is 5.14. The number of rotatable bonds is 5. The molecule has 2 aromatic carbocycles. The van der Waals surface area contributed by atoms with Gasteiger partial charge in [-0.15, -0.1) is 10.2 Å². The number of hydrogen-bond acceptors (Lipinski definition) is 4. The Morgan fingerprint density at radius 2 is 1.88 bits per heavy atom. The van der Waals surface area contributed by atoms with Gasteiger partial charge in [-0.05, 0) is 42.5 Å². The van der Waals surface area contributed by atoms with Crippen molar-refractivity contribution in [3.05, 3.63) is 69.8 Å². The number of benzene rings is 2. The Hall–Kier alpha value is -2.44. The van der Waals surface area contributed by atoms with Gasteiger partial charge in [-0.1, -0.05) is 23.2 Å². The van der Waals surface area contributed by atoms with Gasteiger partial charge in [0.2, 0.25) is 11.8 Å². The van der Waals surface area contributed by atoms with Gasteiger partial charge in [0.15, 0.2) is 0 Å². The highest BCUT2D eigenvalue weighted by Crippen LogP contribution is 2.21. The summed E-state index contributed by atoms with van der Waals surface area (Å²) in [7, 11) is 0. The van der Waals surface area contributed by atoms with E-state index in [2.05, 4.69) is 15.5 Å². The zero-order valence-corrected chi connectivity index (χ0v) is 14.3. The Morgan fingerprint density at radius 1 is 1.12 bits per heavy atom. The molecule has 25 heavy (non-hydrogen) atoms. The summed E-state index contributed by atoms with van der Waals surface area (Å²) in [5.41, 5.74) is 0.959. The zero-order valence-electron chi connectivity index (χ0n) is 12.8. The van der Waals surface area contributed by atoms with E-state index in [9.17, 15) is 9.18 Å². The van der Waals surface area contributed by atoms with Crippen LogP contribution in [0.15, 0.2) is 46.9 Å². The second kappa shape index (κ2) is 7.63. The lowest BCUT2D eigenvalue weighted by Gasteiger charge is -2.05. The average Bonchev–Trinajstić information content (AvgIpc) is 3.04. The maximum absolute atomic E-state index is 12.9. The van der Waals surface area contributed by atoms with Crippen LogP contribution in [-0.2, 0) is 6.42 Å². The Kier molecular flexibility index (Phi) is 5.31. The van der Waals surface area contributed by atoms with Crippen molar-refractivity contribution in [1.82, 2.24) is 15.5 Å². The topological polar surface area (TPSA) is 68.0 Å². The Labute approximate surface area is 152 Å². The van der Waals surface area contributed by atoms with E-state index in [1.54, 1.807) is 24.3 Å². The highest BCUT2D eigenvalue weighted by molar-refractivity contribution is 6.36. The average molecular weight is 380 g/mol. The first-order chi connectivity index (χ1) is 12.0. The number of nitrogens with zero attached hydrogens (tertiary/aromatic N) is 2. The first-order valence-electron chi connectivity index (χ1n) is 7.34. The van der Waals surface area contributed by atoms with E-state index in [1.165, 1.54) is 18.2 Å². The van der Waals surface area contributed by atoms with Crippen LogP contribution in [0, 0.1) is 5.82 Å². The van der Waals surface area contributed by atoms with Gasteiger partial charge in [-0.2, -0.15) is 0 Å². The molecule has 3 aromatic rings. The van der Waals surface area contributed by atoms with Crippen LogP contribution in [-0.4, -0.2) is 22.6 Å². The fourth-order valence-electron chi connectivity index (χ4n) is 2.12.